The number of thiophene rings is 1. The van der Waals surface area contributed by atoms with Crippen LogP contribution >= 0.6 is 11.3 Å². The van der Waals surface area contributed by atoms with E-state index in [2.05, 4.69) is 10.0 Å². The van der Waals surface area contributed by atoms with Gasteiger partial charge in [0.15, 0.2) is 0 Å². The molecule has 2 aromatic rings. The third-order valence-corrected chi connectivity index (χ3v) is 7.93. The van der Waals surface area contributed by atoms with Gasteiger partial charge in [-0.2, -0.15) is 0 Å². The second-order valence-electron chi connectivity index (χ2n) is 7.19. The van der Waals surface area contributed by atoms with Crippen LogP contribution in [0.15, 0.2) is 46.0 Å². The molecule has 7 heteroatoms. The Hall–Kier alpha value is -1.41. The summed E-state index contributed by atoms with van der Waals surface area (Å²) >= 11 is 1.20. The second-order valence-corrected chi connectivity index (χ2v) is 10.1. The second kappa shape index (κ2) is 9.68. The summed E-state index contributed by atoms with van der Waals surface area (Å²) in [6.07, 6.45) is 7.36. The van der Waals surface area contributed by atoms with E-state index in [0.717, 1.165) is 12.0 Å². The quantitative estimate of drug-likeness (QED) is 0.587. The average Bonchev–Trinajstić information content (AvgIpc) is 3.22. The fourth-order valence-corrected chi connectivity index (χ4v) is 5.78. The minimum atomic E-state index is -3.57. The molecule has 1 saturated carbocycles. The zero-order valence-electron chi connectivity index (χ0n) is 15.4. The maximum atomic E-state index is 12.5. The minimum absolute atomic E-state index is 0.0371. The normalized spacial score (nSPS) is 16.9. The largest absolute Gasteiger partial charge is 0.395 e. The first-order valence-electron chi connectivity index (χ1n) is 9.57. The van der Waals surface area contributed by atoms with E-state index in [1.165, 1.54) is 43.4 Å². The lowest BCUT2D eigenvalue weighted by Gasteiger charge is -2.26. The highest BCUT2D eigenvalue weighted by atomic mass is 32.2. The number of anilines is 1. The van der Waals surface area contributed by atoms with Crippen molar-refractivity contribution in [2.75, 3.05) is 11.3 Å². The molecule has 1 heterocycles. The predicted octanol–water partition coefficient (Wildman–Crippen LogP) is 3.97. The molecule has 1 aliphatic carbocycles. The first-order chi connectivity index (χ1) is 13.1. The van der Waals surface area contributed by atoms with Crippen LogP contribution in [0.3, 0.4) is 0 Å². The van der Waals surface area contributed by atoms with Crippen molar-refractivity contribution in [3.8, 4) is 0 Å². The summed E-state index contributed by atoms with van der Waals surface area (Å²) in [6, 6.07) is 10.8. The lowest BCUT2D eigenvalue weighted by molar-refractivity contribution is 0.203. The maximum Gasteiger partial charge on any atom is 0.271 e. The standard InChI is InChI=1S/C20H28N2O3S2/c23-15-18(13-16-7-2-1-3-8-16)21-14-17-9-4-5-10-19(17)22-27(24,25)20-11-6-12-26-20/h4-6,9-12,16,18,21-23H,1-3,7-8,13-15H2/t18-/m0/s1. The summed E-state index contributed by atoms with van der Waals surface area (Å²) in [4.78, 5) is 0. The highest BCUT2D eigenvalue weighted by Gasteiger charge is 2.20. The van der Waals surface area contributed by atoms with E-state index in [1.54, 1.807) is 23.6 Å². The van der Waals surface area contributed by atoms with Crippen molar-refractivity contribution in [2.45, 2.75) is 55.3 Å². The van der Waals surface area contributed by atoms with Crippen LogP contribution in [0.5, 0.6) is 0 Å². The van der Waals surface area contributed by atoms with Crippen molar-refractivity contribution in [1.29, 1.82) is 0 Å². The fraction of sp³-hybridized carbons (Fsp3) is 0.500. The van der Waals surface area contributed by atoms with Gasteiger partial charge in [0.2, 0.25) is 0 Å². The Labute approximate surface area is 165 Å². The fourth-order valence-electron chi connectivity index (χ4n) is 3.69. The van der Waals surface area contributed by atoms with Crippen molar-refractivity contribution in [3.05, 3.63) is 47.3 Å². The van der Waals surface area contributed by atoms with Crippen molar-refractivity contribution < 1.29 is 13.5 Å². The zero-order chi connectivity index (χ0) is 19.1. The number of hydrogen-bond acceptors (Lipinski definition) is 5. The molecule has 1 fully saturated rings. The van der Waals surface area contributed by atoms with Crippen molar-refractivity contribution in [1.82, 2.24) is 5.32 Å². The average molecular weight is 409 g/mol. The number of sulfonamides is 1. The Morgan fingerprint density at radius 3 is 2.59 bits per heavy atom. The Balaban J connectivity index is 1.63. The molecule has 3 rings (SSSR count). The SMILES string of the molecule is O=S(=O)(Nc1ccccc1CN[C@H](CO)CC1CCCCC1)c1cccs1. The van der Waals surface area contributed by atoms with Crippen LogP contribution in [0.1, 0.15) is 44.1 Å². The Morgan fingerprint density at radius 1 is 1.11 bits per heavy atom. The number of hydrogen-bond donors (Lipinski definition) is 3. The molecule has 0 radical (unpaired) electrons. The van der Waals surface area contributed by atoms with Crippen LogP contribution in [0.4, 0.5) is 5.69 Å². The molecular weight excluding hydrogens is 380 g/mol. The third-order valence-electron chi connectivity index (χ3n) is 5.17. The Morgan fingerprint density at radius 2 is 1.89 bits per heavy atom. The van der Waals surface area contributed by atoms with Crippen molar-refractivity contribution in [2.24, 2.45) is 5.92 Å². The van der Waals surface area contributed by atoms with Crippen LogP contribution in [0.2, 0.25) is 0 Å². The molecule has 0 aliphatic heterocycles. The highest BCUT2D eigenvalue weighted by molar-refractivity contribution is 7.94. The van der Waals surface area contributed by atoms with Gasteiger partial charge in [-0.15, -0.1) is 11.3 Å². The van der Waals surface area contributed by atoms with Gasteiger partial charge in [0.25, 0.3) is 10.0 Å². The number of rotatable bonds is 9. The first kappa shape index (κ1) is 20.3. The number of nitrogens with one attached hydrogen (secondary N) is 2. The van der Waals surface area contributed by atoms with Gasteiger partial charge in [-0.3, -0.25) is 4.72 Å². The van der Waals surface area contributed by atoms with Gasteiger partial charge in [-0.05, 0) is 35.4 Å². The van der Waals surface area contributed by atoms with E-state index in [4.69, 9.17) is 0 Å². The summed E-state index contributed by atoms with van der Waals surface area (Å²) in [6.45, 7) is 0.612. The topological polar surface area (TPSA) is 78.4 Å². The molecule has 0 bridgehead atoms. The lowest BCUT2D eigenvalue weighted by atomic mass is 9.85. The molecule has 0 unspecified atom stereocenters. The van der Waals surface area contributed by atoms with E-state index in [0.29, 0.717) is 22.4 Å². The molecule has 0 spiro atoms. The summed E-state index contributed by atoms with van der Waals surface area (Å²) in [5.74, 6) is 0.677. The van der Waals surface area contributed by atoms with E-state index in [-0.39, 0.29) is 12.6 Å². The molecule has 3 N–H and O–H groups in total. The van der Waals surface area contributed by atoms with Crippen LogP contribution in [-0.2, 0) is 16.6 Å². The van der Waals surface area contributed by atoms with Crippen molar-refractivity contribution >= 4 is 27.0 Å². The molecular formula is C20H28N2O3S2. The van der Waals surface area contributed by atoms with Crippen LogP contribution in [0.25, 0.3) is 0 Å². The smallest absolute Gasteiger partial charge is 0.271 e. The molecule has 27 heavy (non-hydrogen) atoms. The Bertz CT molecular complexity index is 800. The molecule has 0 saturated heterocycles. The molecule has 5 nitrogen and oxygen atoms in total. The van der Waals surface area contributed by atoms with E-state index in [1.807, 2.05) is 18.2 Å². The minimum Gasteiger partial charge on any atom is -0.395 e. The molecule has 0 amide bonds. The van der Waals surface area contributed by atoms with E-state index < -0.39 is 10.0 Å². The number of aliphatic hydroxyl groups is 1. The molecule has 1 aromatic carbocycles. The summed E-state index contributed by atoms with van der Waals surface area (Å²) < 4.78 is 28.0. The first-order valence-corrected chi connectivity index (χ1v) is 11.9. The van der Waals surface area contributed by atoms with Crippen LogP contribution in [0, 0.1) is 5.92 Å². The van der Waals surface area contributed by atoms with Gasteiger partial charge in [-0.25, -0.2) is 8.42 Å². The Kier molecular flexibility index (Phi) is 7.29. The lowest BCUT2D eigenvalue weighted by Crippen LogP contribution is -2.34. The number of para-hydroxylation sites is 1. The van der Waals surface area contributed by atoms with Crippen LogP contribution < -0.4 is 10.0 Å². The molecule has 148 valence electrons. The van der Waals surface area contributed by atoms with Gasteiger partial charge < -0.3 is 10.4 Å². The van der Waals surface area contributed by atoms with Gasteiger partial charge in [0.1, 0.15) is 4.21 Å². The van der Waals surface area contributed by atoms with Crippen LogP contribution in [-0.4, -0.2) is 26.2 Å². The number of benzene rings is 1. The predicted molar refractivity (Wildman–Crippen MR) is 110 cm³/mol. The van der Waals surface area contributed by atoms with Gasteiger partial charge in [0.05, 0.1) is 12.3 Å². The molecule has 1 aliphatic rings. The number of aliphatic hydroxyl groups excluding tert-OH is 1. The van der Waals surface area contributed by atoms with Crippen molar-refractivity contribution in [3.63, 3.8) is 0 Å². The molecule has 1 aromatic heterocycles. The maximum absolute atomic E-state index is 12.5. The third kappa shape index (κ3) is 5.78. The summed E-state index contributed by atoms with van der Waals surface area (Å²) in [5, 5.41) is 14.9. The summed E-state index contributed by atoms with van der Waals surface area (Å²) in [7, 11) is -3.57. The van der Waals surface area contributed by atoms with E-state index >= 15 is 0 Å². The monoisotopic (exact) mass is 408 g/mol. The van der Waals surface area contributed by atoms with Gasteiger partial charge in [-0.1, -0.05) is 56.4 Å². The van der Waals surface area contributed by atoms with E-state index in [9.17, 15) is 13.5 Å². The molecule has 1 atom stereocenters. The van der Waals surface area contributed by atoms with Gasteiger partial charge in [0, 0.05) is 12.6 Å². The highest BCUT2D eigenvalue weighted by Crippen LogP contribution is 2.28. The summed E-state index contributed by atoms with van der Waals surface area (Å²) in [5.41, 5.74) is 1.45. The van der Waals surface area contributed by atoms with Gasteiger partial charge >= 0.3 is 0 Å². The zero-order valence-corrected chi connectivity index (χ0v) is 17.1.